The van der Waals surface area contributed by atoms with E-state index in [9.17, 15) is 4.79 Å². The van der Waals surface area contributed by atoms with E-state index in [1.165, 1.54) is 0 Å². The summed E-state index contributed by atoms with van der Waals surface area (Å²) >= 11 is 0. The zero-order valence-corrected chi connectivity index (χ0v) is 12.7. The van der Waals surface area contributed by atoms with Crippen LogP contribution < -0.4 is 15.8 Å². The Labute approximate surface area is 121 Å². The lowest BCUT2D eigenvalue weighted by Gasteiger charge is -2.11. The van der Waals surface area contributed by atoms with Gasteiger partial charge >= 0.3 is 0 Å². The lowest BCUT2D eigenvalue weighted by Crippen LogP contribution is -2.24. The first-order chi connectivity index (χ1) is 9.54. The van der Waals surface area contributed by atoms with Crippen LogP contribution in [0.2, 0.25) is 0 Å². The summed E-state index contributed by atoms with van der Waals surface area (Å²) in [7, 11) is 0. The van der Waals surface area contributed by atoms with Gasteiger partial charge in [-0.25, -0.2) is 0 Å². The van der Waals surface area contributed by atoms with Crippen molar-refractivity contribution in [2.45, 2.75) is 40.0 Å². The number of hydrogen-bond acceptors (Lipinski definition) is 3. The fourth-order valence-electron chi connectivity index (χ4n) is 1.71. The molecule has 0 aliphatic rings. The third-order valence-electron chi connectivity index (χ3n) is 3.04. The van der Waals surface area contributed by atoms with Crippen molar-refractivity contribution in [3.8, 4) is 5.75 Å². The predicted octanol–water partition coefficient (Wildman–Crippen LogP) is 3.22. The van der Waals surface area contributed by atoms with Crippen LogP contribution in [0.3, 0.4) is 0 Å². The van der Waals surface area contributed by atoms with Crippen molar-refractivity contribution >= 4 is 11.6 Å². The molecule has 0 bridgehead atoms. The number of hydrogen-bond donors (Lipinski definition) is 2. The predicted molar refractivity (Wildman–Crippen MR) is 83.0 cm³/mol. The van der Waals surface area contributed by atoms with E-state index in [4.69, 9.17) is 10.5 Å². The molecule has 1 rings (SSSR count). The molecule has 0 aromatic heterocycles. The Bertz CT molecular complexity index is 430. The highest BCUT2D eigenvalue weighted by Gasteiger charge is 2.08. The number of carbonyl (C=O) groups excluding carboxylic acids is 1. The van der Waals surface area contributed by atoms with Gasteiger partial charge in [0.1, 0.15) is 5.75 Å². The van der Waals surface area contributed by atoms with E-state index in [2.05, 4.69) is 26.1 Å². The highest BCUT2D eigenvalue weighted by atomic mass is 16.5. The number of rotatable bonds is 8. The van der Waals surface area contributed by atoms with Crippen LogP contribution in [0.25, 0.3) is 0 Å². The Morgan fingerprint density at radius 2 is 2.15 bits per heavy atom. The quantitative estimate of drug-likeness (QED) is 0.567. The van der Waals surface area contributed by atoms with E-state index < -0.39 is 0 Å². The average Bonchev–Trinajstić information content (AvgIpc) is 2.40. The van der Waals surface area contributed by atoms with Gasteiger partial charge in [0.15, 0.2) is 0 Å². The van der Waals surface area contributed by atoms with Crippen molar-refractivity contribution in [1.82, 2.24) is 5.32 Å². The van der Waals surface area contributed by atoms with Crippen LogP contribution in [0.5, 0.6) is 5.75 Å². The van der Waals surface area contributed by atoms with Crippen LogP contribution in [-0.2, 0) is 0 Å². The molecule has 1 amide bonds. The molecular formula is C16H26N2O2. The van der Waals surface area contributed by atoms with Crippen LogP contribution in [-0.4, -0.2) is 19.1 Å². The Morgan fingerprint density at radius 3 is 2.75 bits per heavy atom. The molecule has 1 aromatic carbocycles. The monoisotopic (exact) mass is 278 g/mol. The Hall–Kier alpha value is -1.71. The maximum atomic E-state index is 11.9. The summed E-state index contributed by atoms with van der Waals surface area (Å²) in [6.45, 7) is 7.73. The normalized spacial score (nSPS) is 10.6. The topological polar surface area (TPSA) is 64.3 Å². The molecule has 0 atom stereocenters. The summed E-state index contributed by atoms with van der Waals surface area (Å²) in [4.78, 5) is 11.9. The van der Waals surface area contributed by atoms with Crippen LogP contribution in [0, 0.1) is 5.92 Å². The summed E-state index contributed by atoms with van der Waals surface area (Å²) in [6.07, 6.45) is 3.03. The van der Waals surface area contributed by atoms with Gasteiger partial charge in [-0.2, -0.15) is 0 Å². The molecule has 0 spiro atoms. The molecule has 0 fully saturated rings. The summed E-state index contributed by atoms with van der Waals surface area (Å²) in [5.41, 5.74) is 7.02. The van der Waals surface area contributed by atoms with Gasteiger partial charge < -0.3 is 15.8 Å². The van der Waals surface area contributed by atoms with E-state index in [1.54, 1.807) is 18.2 Å². The van der Waals surface area contributed by atoms with Gasteiger partial charge in [-0.05, 0) is 37.0 Å². The summed E-state index contributed by atoms with van der Waals surface area (Å²) in [5.74, 6) is 1.16. The number of nitrogens with two attached hydrogens (primary N) is 1. The molecule has 3 N–H and O–H groups in total. The van der Waals surface area contributed by atoms with Crippen molar-refractivity contribution in [2.75, 3.05) is 18.9 Å². The molecule has 20 heavy (non-hydrogen) atoms. The second kappa shape index (κ2) is 8.46. The van der Waals surface area contributed by atoms with Crippen molar-refractivity contribution in [3.05, 3.63) is 23.8 Å². The van der Waals surface area contributed by atoms with E-state index >= 15 is 0 Å². The molecule has 0 unspecified atom stereocenters. The minimum Gasteiger partial charge on any atom is -0.491 e. The third kappa shape index (κ3) is 5.51. The van der Waals surface area contributed by atoms with Crippen molar-refractivity contribution in [3.63, 3.8) is 0 Å². The SMILES string of the molecule is CCCCNC(=O)c1ccc(OCCC(C)C)c(N)c1. The van der Waals surface area contributed by atoms with Crippen molar-refractivity contribution in [1.29, 1.82) is 0 Å². The second-order valence-corrected chi connectivity index (χ2v) is 5.39. The van der Waals surface area contributed by atoms with Crippen molar-refractivity contribution < 1.29 is 9.53 Å². The number of anilines is 1. The highest BCUT2D eigenvalue weighted by molar-refractivity contribution is 5.95. The number of nitrogen functional groups attached to an aromatic ring is 1. The Balaban J connectivity index is 2.56. The van der Waals surface area contributed by atoms with Crippen LogP contribution in [0.4, 0.5) is 5.69 Å². The van der Waals surface area contributed by atoms with E-state index in [0.717, 1.165) is 19.3 Å². The first-order valence-corrected chi connectivity index (χ1v) is 7.35. The average molecular weight is 278 g/mol. The zero-order chi connectivity index (χ0) is 15.0. The Morgan fingerprint density at radius 1 is 1.40 bits per heavy atom. The largest absolute Gasteiger partial charge is 0.491 e. The maximum absolute atomic E-state index is 11.9. The molecule has 0 aliphatic heterocycles. The smallest absolute Gasteiger partial charge is 0.251 e. The van der Waals surface area contributed by atoms with Crippen LogP contribution in [0.15, 0.2) is 18.2 Å². The van der Waals surface area contributed by atoms with Gasteiger partial charge in [0.25, 0.3) is 5.91 Å². The number of ether oxygens (including phenoxy) is 1. The van der Waals surface area contributed by atoms with Gasteiger partial charge in [-0.3, -0.25) is 4.79 Å². The molecule has 0 saturated heterocycles. The molecule has 0 saturated carbocycles. The molecule has 4 heteroatoms. The van der Waals surface area contributed by atoms with Gasteiger partial charge in [0, 0.05) is 12.1 Å². The van der Waals surface area contributed by atoms with Gasteiger partial charge in [0.2, 0.25) is 0 Å². The van der Waals surface area contributed by atoms with Gasteiger partial charge in [-0.15, -0.1) is 0 Å². The number of amides is 1. The number of carbonyl (C=O) groups is 1. The highest BCUT2D eigenvalue weighted by Crippen LogP contribution is 2.23. The fourth-order valence-corrected chi connectivity index (χ4v) is 1.71. The molecule has 0 heterocycles. The first-order valence-electron chi connectivity index (χ1n) is 7.35. The standard InChI is InChI=1S/C16H26N2O2/c1-4-5-9-18-16(19)13-6-7-15(14(17)11-13)20-10-8-12(2)3/h6-7,11-12H,4-5,8-10,17H2,1-3H3,(H,18,19). The fraction of sp³-hybridized carbons (Fsp3) is 0.562. The van der Waals surface area contributed by atoms with Crippen LogP contribution in [0.1, 0.15) is 50.4 Å². The Kier molecular flexibility index (Phi) is 6.91. The van der Waals surface area contributed by atoms with E-state index in [-0.39, 0.29) is 5.91 Å². The number of nitrogens with one attached hydrogen (secondary N) is 1. The summed E-state index contributed by atoms with van der Waals surface area (Å²) < 4.78 is 5.62. The lowest BCUT2D eigenvalue weighted by molar-refractivity contribution is 0.0953. The third-order valence-corrected chi connectivity index (χ3v) is 3.04. The molecule has 112 valence electrons. The minimum absolute atomic E-state index is 0.0844. The molecule has 1 aromatic rings. The first kappa shape index (κ1) is 16.3. The summed E-state index contributed by atoms with van der Waals surface area (Å²) in [6, 6.07) is 5.19. The van der Waals surface area contributed by atoms with Gasteiger partial charge in [-0.1, -0.05) is 27.2 Å². The molecular weight excluding hydrogens is 252 g/mol. The second-order valence-electron chi connectivity index (χ2n) is 5.39. The van der Waals surface area contributed by atoms with Crippen molar-refractivity contribution in [2.24, 2.45) is 5.92 Å². The number of unbranched alkanes of at least 4 members (excludes halogenated alkanes) is 1. The van der Waals surface area contributed by atoms with Crippen LogP contribution >= 0.6 is 0 Å². The number of benzene rings is 1. The molecule has 4 nitrogen and oxygen atoms in total. The maximum Gasteiger partial charge on any atom is 0.251 e. The zero-order valence-electron chi connectivity index (χ0n) is 12.7. The minimum atomic E-state index is -0.0844. The lowest BCUT2D eigenvalue weighted by atomic mass is 10.1. The van der Waals surface area contributed by atoms with E-state index in [1.807, 2.05) is 0 Å². The molecule has 0 aliphatic carbocycles. The van der Waals surface area contributed by atoms with Gasteiger partial charge in [0.05, 0.1) is 12.3 Å². The summed E-state index contributed by atoms with van der Waals surface area (Å²) in [5, 5.41) is 2.87. The van der Waals surface area contributed by atoms with E-state index in [0.29, 0.717) is 36.1 Å². The molecule has 0 radical (unpaired) electrons.